The van der Waals surface area contributed by atoms with Crippen molar-refractivity contribution in [2.24, 2.45) is 5.73 Å². The van der Waals surface area contributed by atoms with Crippen LogP contribution in [0.25, 0.3) is 0 Å². The molecule has 1 atom stereocenters. The Hall–Kier alpha value is -0.580. The van der Waals surface area contributed by atoms with Gasteiger partial charge in [-0.1, -0.05) is 22.0 Å². The number of hydrogen-bond donors (Lipinski definition) is 1. The lowest BCUT2D eigenvalue weighted by atomic mass is 10.1. The molecule has 0 saturated carbocycles. The third kappa shape index (κ3) is 3.70. The largest absolute Gasteiger partial charge is 0.492 e. The van der Waals surface area contributed by atoms with Gasteiger partial charge >= 0.3 is 0 Å². The van der Waals surface area contributed by atoms with Gasteiger partial charge in [0, 0.05) is 22.6 Å². The highest BCUT2D eigenvalue weighted by molar-refractivity contribution is 9.10. The number of halogens is 1. The fourth-order valence-corrected chi connectivity index (χ4v) is 2.64. The van der Waals surface area contributed by atoms with Crippen molar-refractivity contribution in [1.29, 1.82) is 0 Å². The summed E-state index contributed by atoms with van der Waals surface area (Å²) in [6.07, 6.45) is 2.64. The SMILES string of the molecule is C[C@H](N)c1ccc(Br)cc1OCCN1CCCC1. The number of rotatable bonds is 5. The van der Waals surface area contributed by atoms with Crippen molar-refractivity contribution in [2.45, 2.75) is 25.8 Å². The molecule has 2 rings (SSSR count). The van der Waals surface area contributed by atoms with Gasteiger partial charge in [-0.05, 0) is 45.0 Å². The Bertz CT molecular complexity index is 389. The summed E-state index contributed by atoms with van der Waals surface area (Å²) in [5.74, 6) is 0.901. The van der Waals surface area contributed by atoms with Gasteiger partial charge in [0.1, 0.15) is 12.4 Å². The van der Waals surface area contributed by atoms with Crippen molar-refractivity contribution in [1.82, 2.24) is 4.90 Å². The fourth-order valence-electron chi connectivity index (χ4n) is 2.30. The maximum atomic E-state index is 5.95. The highest BCUT2D eigenvalue weighted by Crippen LogP contribution is 2.27. The number of nitrogens with two attached hydrogens (primary N) is 1. The quantitative estimate of drug-likeness (QED) is 0.908. The van der Waals surface area contributed by atoms with Gasteiger partial charge in [-0.15, -0.1) is 0 Å². The van der Waals surface area contributed by atoms with Crippen molar-refractivity contribution in [3.8, 4) is 5.75 Å². The Morgan fingerprint density at radius 3 is 2.78 bits per heavy atom. The molecule has 0 bridgehead atoms. The van der Waals surface area contributed by atoms with Crippen molar-refractivity contribution in [2.75, 3.05) is 26.2 Å². The predicted molar refractivity (Wildman–Crippen MR) is 77.9 cm³/mol. The summed E-state index contributed by atoms with van der Waals surface area (Å²) in [5, 5.41) is 0. The summed E-state index contributed by atoms with van der Waals surface area (Å²) in [5.41, 5.74) is 7.02. The monoisotopic (exact) mass is 312 g/mol. The molecule has 0 aliphatic carbocycles. The Kier molecular flexibility index (Phi) is 5.03. The fraction of sp³-hybridized carbons (Fsp3) is 0.571. The van der Waals surface area contributed by atoms with Crippen molar-refractivity contribution < 1.29 is 4.74 Å². The first kappa shape index (κ1) is 13.8. The van der Waals surface area contributed by atoms with E-state index in [9.17, 15) is 0 Å². The van der Waals surface area contributed by atoms with Gasteiger partial charge in [-0.3, -0.25) is 4.90 Å². The summed E-state index contributed by atoms with van der Waals surface area (Å²) >= 11 is 3.47. The number of hydrogen-bond acceptors (Lipinski definition) is 3. The lowest BCUT2D eigenvalue weighted by molar-refractivity contribution is 0.235. The van der Waals surface area contributed by atoms with Gasteiger partial charge in [0.05, 0.1) is 0 Å². The van der Waals surface area contributed by atoms with Gasteiger partial charge in [-0.2, -0.15) is 0 Å². The lowest BCUT2D eigenvalue weighted by Crippen LogP contribution is -2.25. The highest BCUT2D eigenvalue weighted by atomic mass is 79.9. The Balaban J connectivity index is 1.92. The normalized spacial score (nSPS) is 17.9. The van der Waals surface area contributed by atoms with E-state index in [4.69, 9.17) is 10.5 Å². The van der Waals surface area contributed by atoms with Gasteiger partial charge in [0.2, 0.25) is 0 Å². The molecule has 0 aromatic heterocycles. The summed E-state index contributed by atoms with van der Waals surface area (Å²) in [6.45, 7) is 6.14. The minimum absolute atomic E-state index is 0.000105. The number of benzene rings is 1. The third-order valence-electron chi connectivity index (χ3n) is 3.33. The average Bonchev–Trinajstić information content (AvgIpc) is 2.82. The zero-order chi connectivity index (χ0) is 13.0. The summed E-state index contributed by atoms with van der Waals surface area (Å²) in [6, 6.07) is 6.04. The third-order valence-corrected chi connectivity index (χ3v) is 3.82. The predicted octanol–water partition coefficient (Wildman–Crippen LogP) is 2.94. The topological polar surface area (TPSA) is 38.5 Å². The highest BCUT2D eigenvalue weighted by Gasteiger charge is 2.12. The molecule has 1 aromatic rings. The number of ether oxygens (including phenoxy) is 1. The van der Waals surface area contributed by atoms with Crippen LogP contribution in [0.15, 0.2) is 22.7 Å². The van der Waals surface area contributed by atoms with Crippen LogP contribution in [0.2, 0.25) is 0 Å². The molecule has 1 fully saturated rings. The maximum Gasteiger partial charge on any atom is 0.125 e. The minimum Gasteiger partial charge on any atom is -0.492 e. The summed E-state index contributed by atoms with van der Waals surface area (Å²) in [7, 11) is 0. The van der Waals surface area contributed by atoms with Gasteiger partial charge in [-0.25, -0.2) is 0 Å². The lowest BCUT2D eigenvalue weighted by Gasteiger charge is -2.18. The van der Waals surface area contributed by atoms with Crippen LogP contribution in [0.3, 0.4) is 0 Å². The van der Waals surface area contributed by atoms with E-state index in [1.165, 1.54) is 25.9 Å². The first-order chi connectivity index (χ1) is 8.66. The van der Waals surface area contributed by atoms with Crippen LogP contribution in [-0.4, -0.2) is 31.1 Å². The molecule has 18 heavy (non-hydrogen) atoms. The first-order valence-corrected chi connectivity index (χ1v) is 7.36. The van der Waals surface area contributed by atoms with Crippen LogP contribution in [0.5, 0.6) is 5.75 Å². The number of likely N-dealkylation sites (tertiary alicyclic amines) is 1. The molecule has 1 aliphatic rings. The van der Waals surface area contributed by atoms with Crippen LogP contribution in [0.1, 0.15) is 31.4 Å². The molecule has 3 nitrogen and oxygen atoms in total. The van der Waals surface area contributed by atoms with E-state index < -0.39 is 0 Å². The zero-order valence-electron chi connectivity index (χ0n) is 10.9. The van der Waals surface area contributed by atoms with E-state index in [-0.39, 0.29) is 6.04 Å². The van der Waals surface area contributed by atoms with E-state index >= 15 is 0 Å². The molecule has 0 radical (unpaired) electrons. The molecule has 0 unspecified atom stereocenters. The molecule has 1 heterocycles. The van der Waals surface area contributed by atoms with Crippen molar-refractivity contribution in [3.05, 3.63) is 28.2 Å². The van der Waals surface area contributed by atoms with Crippen molar-refractivity contribution >= 4 is 15.9 Å². The van der Waals surface area contributed by atoms with Crippen molar-refractivity contribution in [3.63, 3.8) is 0 Å². The van der Waals surface area contributed by atoms with E-state index in [2.05, 4.69) is 20.8 Å². The van der Waals surface area contributed by atoms with Crippen LogP contribution in [0, 0.1) is 0 Å². The van der Waals surface area contributed by atoms with Crippen LogP contribution >= 0.6 is 15.9 Å². The molecule has 1 saturated heterocycles. The standard InChI is InChI=1S/C14H21BrN2O/c1-11(16)13-5-4-12(15)10-14(13)18-9-8-17-6-2-3-7-17/h4-5,10-11H,2-3,6-9,16H2,1H3/t11-/m0/s1. The first-order valence-electron chi connectivity index (χ1n) is 6.57. The zero-order valence-corrected chi connectivity index (χ0v) is 12.4. The summed E-state index contributed by atoms with van der Waals surface area (Å²) in [4.78, 5) is 2.45. The molecule has 4 heteroatoms. The molecular formula is C14H21BrN2O. The Morgan fingerprint density at radius 1 is 1.39 bits per heavy atom. The molecule has 1 aliphatic heterocycles. The molecule has 1 aromatic carbocycles. The van der Waals surface area contributed by atoms with E-state index in [0.717, 1.165) is 28.9 Å². The average molecular weight is 313 g/mol. The molecule has 0 amide bonds. The summed E-state index contributed by atoms with van der Waals surface area (Å²) < 4.78 is 6.92. The van der Waals surface area contributed by atoms with E-state index in [0.29, 0.717) is 0 Å². The van der Waals surface area contributed by atoms with Gasteiger partial charge < -0.3 is 10.5 Å². The van der Waals surface area contributed by atoms with Crippen LogP contribution in [-0.2, 0) is 0 Å². The van der Waals surface area contributed by atoms with Crippen LogP contribution < -0.4 is 10.5 Å². The minimum atomic E-state index is -0.000105. The second-order valence-electron chi connectivity index (χ2n) is 4.87. The van der Waals surface area contributed by atoms with E-state index in [1.807, 2.05) is 25.1 Å². The smallest absolute Gasteiger partial charge is 0.125 e. The molecule has 2 N–H and O–H groups in total. The maximum absolute atomic E-state index is 5.95. The molecule has 0 spiro atoms. The Morgan fingerprint density at radius 2 is 2.11 bits per heavy atom. The van der Waals surface area contributed by atoms with E-state index in [1.54, 1.807) is 0 Å². The number of nitrogens with zero attached hydrogens (tertiary/aromatic N) is 1. The van der Waals surface area contributed by atoms with Gasteiger partial charge in [0.15, 0.2) is 0 Å². The second-order valence-corrected chi connectivity index (χ2v) is 5.78. The Labute approximate surface area is 117 Å². The molecule has 100 valence electrons. The molecular weight excluding hydrogens is 292 g/mol. The van der Waals surface area contributed by atoms with Crippen LogP contribution in [0.4, 0.5) is 0 Å². The second kappa shape index (κ2) is 6.55. The van der Waals surface area contributed by atoms with Gasteiger partial charge in [0.25, 0.3) is 0 Å².